The molecular weight excluding hydrogens is 256 g/mol. The van der Waals surface area contributed by atoms with Crippen LogP contribution in [0.3, 0.4) is 0 Å². The lowest BCUT2D eigenvalue weighted by Gasteiger charge is -2.59. The molecule has 1 nitrogen and oxygen atoms in total. The second kappa shape index (κ2) is 4.08. The molecule has 0 aromatic heterocycles. The van der Waals surface area contributed by atoms with Gasteiger partial charge in [-0.25, -0.2) is 0 Å². The van der Waals surface area contributed by atoms with Crippen LogP contribution in [0, 0.1) is 45.8 Å². The van der Waals surface area contributed by atoms with Gasteiger partial charge in [0, 0.05) is 0 Å². The zero-order chi connectivity index (χ0) is 15.2. The summed E-state index contributed by atoms with van der Waals surface area (Å²) in [5, 5.41) is 11.3. The lowest BCUT2D eigenvalue weighted by Crippen LogP contribution is -2.56. The van der Waals surface area contributed by atoms with Gasteiger partial charge >= 0.3 is 0 Å². The SMILES string of the molecule is CC(C)C1CCC2(C)CCC3(C)CC4CC4(C)C(O)C3C12. The molecule has 0 amide bonds. The Hall–Kier alpha value is -0.0400. The van der Waals surface area contributed by atoms with Gasteiger partial charge in [0.1, 0.15) is 0 Å². The third kappa shape index (κ3) is 1.73. The fourth-order valence-electron chi connectivity index (χ4n) is 7.20. The average Bonchev–Trinajstić information content (AvgIpc) is 2.91. The van der Waals surface area contributed by atoms with Gasteiger partial charge in [-0.2, -0.15) is 0 Å². The largest absolute Gasteiger partial charge is 0.392 e. The molecule has 4 rings (SSSR count). The van der Waals surface area contributed by atoms with E-state index >= 15 is 0 Å². The molecule has 0 saturated heterocycles. The van der Waals surface area contributed by atoms with Crippen molar-refractivity contribution in [3.63, 3.8) is 0 Å². The highest BCUT2D eigenvalue weighted by atomic mass is 16.3. The second-order valence-electron chi connectivity index (χ2n) is 10.4. The third-order valence-electron chi connectivity index (χ3n) is 8.82. The zero-order valence-electron chi connectivity index (χ0n) is 14.7. The van der Waals surface area contributed by atoms with Gasteiger partial charge in [0.05, 0.1) is 6.10 Å². The molecule has 120 valence electrons. The minimum atomic E-state index is -0.0368. The van der Waals surface area contributed by atoms with Crippen LogP contribution in [-0.4, -0.2) is 11.2 Å². The number of rotatable bonds is 1. The van der Waals surface area contributed by atoms with Crippen LogP contribution in [0.1, 0.15) is 73.1 Å². The number of hydrogen-bond acceptors (Lipinski definition) is 1. The zero-order valence-corrected chi connectivity index (χ0v) is 14.7. The standard InChI is InChI=1S/C20H34O/c1-12(2)14-6-7-18(3)8-9-19(4)10-13-11-20(13,5)17(21)16(19)15(14)18/h12-17,21H,6-11H2,1-5H3. The summed E-state index contributed by atoms with van der Waals surface area (Å²) < 4.78 is 0. The average molecular weight is 290 g/mol. The van der Waals surface area contributed by atoms with Crippen molar-refractivity contribution < 1.29 is 5.11 Å². The van der Waals surface area contributed by atoms with Crippen LogP contribution in [0.15, 0.2) is 0 Å². The van der Waals surface area contributed by atoms with Gasteiger partial charge in [-0.05, 0) is 84.4 Å². The molecule has 0 aliphatic heterocycles. The number of fused-ring (bicyclic) bond motifs is 4. The highest BCUT2D eigenvalue weighted by molar-refractivity contribution is 5.19. The molecule has 8 unspecified atom stereocenters. The maximum absolute atomic E-state index is 11.3. The van der Waals surface area contributed by atoms with E-state index in [-0.39, 0.29) is 11.5 Å². The molecule has 0 heterocycles. The van der Waals surface area contributed by atoms with E-state index in [0.29, 0.717) is 16.7 Å². The maximum atomic E-state index is 11.3. The molecule has 0 aromatic carbocycles. The smallest absolute Gasteiger partial charge is 0.0632 e. The van der Waals surface area contributed by atoms with E-state index in [4.69, 9.17) is 0 Å². The van der Waals surface area contributed by atoms with E-state index in [1.807, 2.05) is 0 Å². The van der Waals surface area contributed by atoms with E-state index in [1.54, 1.807) is 0 Å². The van der Waals surface area contributed by atoms with Crippen LogP contribution < -0.4 is 0 Å². The quantitative estimate of drug-likeness (QED) is 0.729. The summed E-state index contributed by atoms with van der Waals surface area (Å²) in [6, 6.07) is 0. The first-order valence-electron chi connectivity index (χ1n) is 9.39. The Morgan fingerprint density at radius 2 is 1.57 bits per heavy atom. The van der Waals surface area contributed by atoms with Gasteiger partial charge < -0.3 is 5.11 Å². The molecule has 4 saturated carbocycles. The lowest BCUT2D eigenvalue weighted by molar-refractivity contribution is -0.150. The molecule has 21 heavy (non-hydrogen) atoms. The molecular formula is C20H34O. The minimum Gasteiger partial charge on any atom is -0.392 e. The van der Waals surface area contributed by atoms with Crippen molar-refractivity contribution in [2.45, 2.75) is 79.2 Å². The Balaban J connectivity index is 1.76. The molecule has 8 atom stereocenters. The first-order valence-corrected chi connectivity index (χ1v) is 9.39. The summed E-state index contributed by atoms with van der Waals surface area (Å²) in [5.74, 6) is 3.76. The minimum absolute atomic E-state index is 0.0368. The predicted molar refractivity (Wildman–Crippen MR) is 86.8 cm³/mol. The first-order chi connectivity index (χ1) is 9.71. The Morgan fingerprint density at radius 1 is 0.905 bits per heavy atom. The molecule has 0 bridgehead atoms. The first kappa shape index (κ1) is 14.5. The van der Waals surface area contributed by atoms with Gasteiger partial charge in [-0.15, -0.1) is 0 Å². The fraction of sp³-hybridized carbons (Fsp3) is 1.00. The van der Waals surface area contributed by atoms with E-state index in [0.717, 1.165) is 23.7 Å². The molecule has 1 heteroatoms. The van der Waals surface area contributed by atoms with Crippen molar-refractivity contribution in [2.75, 3.05) is 0 Å². The van der Waals surface area contributed by atoms with E-state index in [9.17, 15) is 5.11 Å². The van der Waals surface area contributed by atoms with E-state index in [1.165, 1.54) is 38.5 Å². The van der Waals surface area contributed by atoms with Gasteiger partial charge in [-0.3, -0.25) is 0 Å². The lowest BCUT2D eigenvalue weighted by atomic mass is 9.47. The van der Waals surface area contributed by atoms with Gasteiger partial charge in [-0.1, -0.05) is 34.6 Å². The van der Waals surface area contributed by atoms with Crippen LogP contribution in [-0.2, 0) is 0 Å². The van der Waals surface area contributed by atoms with Crippen molar-refractivity contribution in [3.8, 4) is 0 Å². The summed E-state index contributed by atoms with van der Waals surface area (Å²) >= 11 is 0. The predicted octanol–water partition coefficient (Wildman–Crippen LogP) is 4.88. The van der Waals surface area contributed by atoms with Gasteiger partial charge in [0.2, 0.25) is 0 Å². The number of aliphatic hydroxyl groups is 1. The molecule has 4 aliphatic carbocycles. The van der Waals surface area contributed by atoms with Crippen molar-refractivity contribution >= 4 is 0 Å². The molecule has 0 spiro atoms. The monoisotopic (exact) mass is 290 g/mol. The molecule has 4 aliphatic rings. The van der Waals surface area contributed by atoms with Gasteiger partial charge in [0.25, 0.3) is 0 Å². The van der Waals surface area contributed by atoms with Crippen LogP contribution in [0.4, 0.5) is 0 Å². The summed E-state index contributed by atoms with van der Waals surface area (Å²) in [7, 11) is 0. The molecule has 0 aromatic rings. The molecule has 0 radical (unpaired) electrons. The Bertz CT molecular complexity index is 457. The fourth-order valence-corrected chi connectivity index (χ4v) is 7.20. The summed E-state index contributed by atoms with van der Waals surface area (Å²) in [4.78, 5) is 0. The summed E-state index contributed by atoms with van der Waals surface area (Å²) in [5.41, 5.74) is 1.20. The Labute approximate surface area is 130 Å². The van der Waals surface area contributed by atoms with Crippen molar-refractivity contribution in [1.29, 1.82) is 0 Å². The third-order valence-corrected chi connectivity index (χ3v) is 8.82. The second-order valence-corrected chi connectivity index (χ2v) is 10.4. The topological polar surface area (TPSA) is 20.2 Å². The van der Waals surface area contributed by atoms with Crippen LogP contribution in [0.2, 0.25) is 0 Å². The van der Waals surface area contributed by atoms with Crippen LogP contribution >= 0.6 is 0 Å². The van der Waals surface area contributed by atoms with E-state index < -0.39 is 0 Å². The summed E-state index contributed by atoms with van der Waals surface area (Å²) in [6.07, 6.45) is 8.21. The number of hydrogen-bond donors (Lipinski definition) is 1. The van der Waals surface area contributed by atoms with Crippen molar-refractivity contribution in [1.82, 2.24) is 0 Å². The van der Waals surface area contributed by atoms with E-state index in [2.05, 4.69) is 34.6 Å². The normalized spacial score (nSPS) is 62.1. The van der Waals surface area contributed by atoms with Crippen LogP contribution in [0.25, 0.3) is 0 Å². The Morgan fingerprint density at radius 3 is 2.24 bits per heavy atom. The van der Waals surface area contributed by atoms with Gasteiger partial charge in [0.15, 0.2) is 0 Å². The molecule has 1 N–H and O–H groups in total. The maximum Gasteiger partial charge on any atom is 0.0632 e. The van der Waals surface area contributed by atoms with Crippen molar-refractivity contribution in [3.05, 3.63) is 0 Å². The molecule has 4 fully saturated rings. The highest BCUT2D eigenvalue weighted by Crippen LogP contribution is 2.74. The number of aliphatic hydroxyl groups excluding tert-OH is 1. The van der Waals surface area contributed by atoms with Crippen molar-refractivity contribution in [2.24, 2.45) is 45.8 Å². The highest BCUT2D eigenvalue weighted by Gasteiger charge is 2.70. The Kier molecular flexibility index (Phi) is 2.82. The van der Waals surface area contributed by atoms with Crippen LogP contribution in [0.5, 0.6) is 0 Å². The summed E-state index contributed by atoms with van der Waals surface area (Å²) in [6.45, 7) is 12.3.